The fourth-order valence-corrected chi connectivity index (χ4v) is 3.28. The van der Waals surface area contributed by atoms with Crippen LogP contribution in [0.4, 0.5) is 0 Å². The Bertz CT molecular complexity index is 881. The van der Waals surface area contributed by atoms with Gasteiger partial charge in [0.2, 0.25) is 5.91 Å². The van der Waals surface area contributed by atoms with Crippen molar-refractivity contribution >= 4 is 16.9 Å². The van der Waals surface area contributed by atoms with E-state index in [0.29, 0.717) is 19.0 Å². The topological polar surface area (TPSA) is 38.1 Å². The number of imidazole rings is 1. The highest BCUT2D eigenvalue weighted by molar-refractivity contribution is 5.82. The predicted molar refractivity (Wildman–Crippen MR) is 101 cm³/mol. The van der Waals surface area contributed by atoms with Crippen molar-refractivity contribution in [2.75, 3.05) is 7.05 Å². The van der Waals surface area contributed by atoms with Crippen LogP contribution < -0.4 is 0 Å². The minimum absolute atomic E-state index is 0.114. The summed E-state index contributed by atoms with van der Waals surface area (Å²) in [5.41, 5.74) is 4.23. The molecule has 0 aliphatic heterocycles. The van der Waals surface area contributed by atoms with Crippen molar-refractivity contribution in [1.29, 1.82) is 0 Å². The van der Waals surface area contributed by atoms with Crippen LogP contribution in [0.5, 0.6) is 0 Å². The number of likely N-dealkylation sites (N-methyl/N-ethyl adjacent to an activating group) is 1. The van der Waals surface area contributed by atoms with E-state index in [9.17, 15) is 4.79 Å². The summed E-state index contributed by atoms with van der Waals surface area (Å²) in [6.07, 6.45) is 0.396. The van der Waals surface area contributed by atoms with Crippen LogP contribution in [0.25, 0.3) is 11.0 Å². The van der Waals surface area contributed by atoms with Gasteiger partial charge in [-0.25, -0.2) is 4.98 Å². The fourth-order valence-electron chi connectivity index (χ4n) is 3.28. The van der Waals surface area contributed by atoms with Crippen molar-refractivity contribution < 1.29 is 4.79 Å². The van der Waals surface area contributed by atoms with Crippen LogP contribution in [0.3, 0.4) is 0 Å². The number of aromatic nitrogens is 2. The zero-order chi connectivity index (χ0) is 18.0. The lowest BCUT2D eigenvalue weighted by molar-refractivity contribution is -0.129. The molecule has 4 heteroatoms. The van der Waals surface area contributed by atoms with E-state index in [-0.39, 0.29) is 5.91 Å². The minimum Gasteiger partial charge on any atom is -0.341 e. The molecule has 130 valence electrons. The Morgan fingerprint density at radius 3 is 2.52 bits per heavy atom. The molecule has 0 atom stereocenters. The van der Waals surface area contributed by atoms with Crippen LogP contribution in [0.15, 0.2) is 48.5 Å². The Labute approximate surface area is 149 Å². The summed E-state index contributed by atoms with van der Waals surface area (Å²) in [6.45, 7) is 6.97. The van der Waals surface area contributed by atoms with Crippen molar-refractivity contribution in [3.8, 4) is 0 Å². The maximum atomic E-state index is 12.5. The van der Waals surface area contributed by atoms with Gasteiger partial charge < -0.3 is 9.47 Å². The molecule has 3 aromatic rings. The summed E-state index contributed by atoms with van der Waals surface area (Å²) in [5.74, 6) is 1.12. The van der Waals surface area contributed by atoms with Crippen LogP contribution in [0.2, 0.25) is 0 Å². The summed E-state index contributed by atoms with van der Waals surface area (Å²) in [7, 11) is 1.85. The second-order valence-electron chi connectivity index (χ2n) is 6.86. The molecule has 0 aliphatic carbocycles. The van der Waals surface area contributed by atoms with Gasteiger partial charge in [0.05, 0.1) is 17.5 Å². The third-order valence-electron chi connectivity index (χ3n) is 4.49. The second kappa shape index (κ2) is 7.09. The molecule has 0 saturated carbocycles. The van der Waals surface area contributed by atoms with Gasteiger partial charge in [-0.15, -0.1) is 0 Å². The predicted octanol–water partition coefficient (Wildman–Crippen LogP) is 4.13. The largest absolute Gasteiger partial charge is 0.341 e. The third-order valence-corrected chi connectivity index (χ3v) is 4.49. The maximum Gasteiger partial charge on any atom is 0.227 e. The lowest BCUT2D eigenvalue weighted by Crippen LogP contribution is -2.27. The number of aryl methyl sites for hydroxylation is 1. The fraction of sp³-hybridized carbons (Fsp3) is 0.333. The average molecular weight is 335 g/mol. The number of carbonyl (C=O) groups is 1. The van der Waals surface area contributed by atoms with Gasteiger partial charge in [0.25, 0.3) is 0 Å². The van der Waals surface area contributed by atoms with Crippen LogP contribution in [0, 0.1) is 6.92 Å². The first-order chi connectivity index (χ1) is 12.0. The number of fused-ring (bicyclic) bond motifs is 1. The summed E-state index contributed by atoms with van der Waals surface area (Å²) in [4.78, 5) is 19.0. The summed E-state index contributed by atoms with van der Waals surface area (Å²) < 4.78 is 2.22. The molecule has 0 spiro atoms. The minimum atomic E-state index is 0.114. The van der Waals surface area contributed by atoms with Gasteiger partial charge in [-0.1, -0.05) is 36.4 Å². The number of rotatable bonds is 5. The number of amides is 1. The number of carbonyl (C=O) groups excluding carboxylic acids is 1. The van der Waals surface area contributed by atoms with Crippen molar-refractivity contribution in [1.82, 2.24) is 14.5 Å². The summed E-state index contributed by atoms with van der Waals surface area (Å²) in [6, 6.07) is 16.6. The molecule has 2 aromatic carbocycles. The van der Waals surface area contributed by atoms with Crippen LogP contribution in [0.1, 0.15) is 36.8 Å². The molecule has 0 saturated heterocycles. The summed E-state index contributed by atoms with van der Waals surface area (Å²) >= 11 is 0. The Morgan fingerprint density at radius 2 is 1.84 bits per heavy atom. The Kier molecular flexibility index (Phi) is 4.88. The zero-order valence-electron chi connectivity index (χ0n) is 15.4. The van der Waals surface area contributed by atoms with E-state index in [0.717, 1.165) is 28.0 Å². The highest BCUT2D eigenvalue weighted by Gasteiger charge is 2.14. The summed E-state index contributed by atoms with van der Waals surface area (Å²) in [5, 5.41) is 0. The molecule has 1 heterocycles. The molecule has 4 nitrogen and oxygen atoms in total. The molecule has 0 aliphatic rings. The molecule has 25 heavy (non-hydrogen) atoms. The third kappa shape index (κ3) is 3.73. The van der Waals surface area contributed by atoms with Gasteiger partial charge in [0, 0.05) is 19.6 Å². The second-order valence-corrected chi connectivity index (χ2v) is 6.86. The van der Waals surface area contributed by atoms with Gasteiger partial charge in [0.15, 0.2) is 0 Å². The van der Waals surface area contributed by atoms with Crippen molar-refractivity contribution in [2.45, 2.75) is 39.8 Å². The van der Waals surface area contributed by atoms with Gasteiger partial charge >= 0.3 is 0 Å². The SMILES string of the molecule is Cc1nc2cc(CC(=O)N(C)Cc3ccccc3)ccc2n1C(C)C. The first kappa shape index (κ1) is 17.2. The van der Waals surface area contributed by atoms with Crippen LogP contribution in [-0.4, -0.2) is 27.4 Å². The average Bonchev–Trinajstić information content (AvgIpc) is 2.90. The van der Waals surface area contributed by atoms with E-state index in [4.69, 9.17) is 0 Å². The monoisotopic (exact) mass is 335 g/mol. The van der Waals surface area contributed by atoms with Crippen LogP contribution >= 0.6 is 0 Å². The first-order valence-electron chi connectivity index (χ1n) is 8.71. The molecule has 0 fully saturated rings. The van der Waals surface area contributed by atoms with E-state index >= 15 is 0 Å². The molecule has 0 N–H and O–H groups in total. The van der Waals surface area contributed by atoms with Crippen molar-refractivity contribution in [3.05, 3.63) is 65.5 Å². The molecule has 1 aromatic heterocycles. The van der Waals surface area contributed by atoms with E-state index in [1.54, 1.807) is 4.90 Å². The normalized spacial score (nSPS) is 11.2. The Morgan fingerprint density at radius 1 is 1.12 bits per heavy atom. The van der Waals surface area contributed by atoms with Gasteiger partial charge in [-0.2, -0.15) is 0 Å². The number of nitrogens with zero attached hydrogens (tertiary/aromatic N) is 3. The molecule has 0 radical (unpaired) electrons. The maximum absolute atomic E-state index is 12.5. The molecular weight excluding hydrogens is 310 g/mol. The highest BCUT2D eigenvalue weighted by atomic mass is 16.2. The lowest BCUT2D eigenvalue weighted by Gasteiger charge is -2.17. The van der Waals surface area contributed by atoms with Gasteiger partial charge in [0.1, 0.15) is 5.82 Å². The quantitative estimate of drug-likeness (QED) is 0.703. The van der Waals surface area contributed by atoms with Crippen molar-refractivity contribution in [3.63, 3.8) is 0 Å². The molecule has 0 bridgehead atoms. The molecule has 3 rings (SSSR count). The standard InChI is InChI=1S/C21H25N3O/c1-15(2)24-16(3)22-19-12-18(10-11-20(19)24)13-21(25)23(4)14-17-8-6-5-7-9-17/h5-12,15H,13-14H2,1-4H3. The van der Waals surface area contributed by atoms with E-state index < -0.39 is 0 Å². The lowest BCUT2D eigenvalue weighted by atomic mass is 10.1. The van der Waals surface area contributed by atoms with E-state index in [1.165, 1.54) is 0 Å². The Hall–Kier alpha value is -2.62. The smallest absolute Gasteiger partial charge is 0.227 e. The zero-order valence-corrected chi connectivity index (χ0v) is 15.4. The molecular formula is C21H25N3O. The Balaban J connectivity index is 1.75. The molecule has 0 unspecified atom stereocenters. The van der Waals surface area contributed by atoms with Gasteiger partial charge in [-0.05, 0) is 44.0 Å². The number of hydrogen-bond donors (Lipinski definition) is 0. The molecule has 1 amide bonds. The van der Waals surface area contributed by atoms with Crippen molar-refractivity contribution in [2.24, 2.45) is 0 Å². The van der Waals surface area contributed by atoms with E-state index in [1.807, 2.05) is 56.4 Å². The highest BCUT2D eigenvalue weighted by Crippen LogP contribution is 2.22. The number of hydrogen-bond acceptors (Lipinski definition) is 2. The van der Waals surface area contributed by atoms with Gasteiger partial charge in [-0.3, -0.25) is 4.79 Å². The van der Waals surface area contributed by atoms with Crippen LogP contribution in [-0.2, 0) is 17.8 Å². The van der Waals surface area contributed by atoms with E-state index in [2.05, 4.69) is 29.5 Å². The number of benzene rings is 2. The first-order valence-corrected chi connectivity index (χ1v) is 8.71.